The minimum atomic E-state index is -0.439. The van der Waals surface area contributed by atoms with Crippen LogP contribution in [0, 0.1) is 10.1 Å². The van der Waals surface area contributed by atoms with E-state index in [0.29, 0.717) is 16.5 Å². The molecule has 2 aromatic rings. The van der Waals surface area contributed by atoms with Crippen molar-refractivity contribution in [1.29, 1.82) is 0 Å². The number of carbonyl (C=O) groups excluding carboxylic acids is 1. The second-order valence-electron chi connectivity index (χ2n) is 5.03. The van der Waals surface area contributed by atoms with Gasteiger partial charge in [-0.1, -0.05) is 18.6 Å². The van der Waals surface area contributed by atoms with Crippen molar-refractivity contribution >= 4 is 22.4 Å². The Labute approximate surface area is 115 Å². The molecule has 2 heterocycles. The van der Waals surface area contributed by atoms with Crippen LogP contribution in [-0.2, 0) is 0 Å². The Kier molecular flexibility index (Phi) is 3.23. The number of rotatable bonds is 3. The molecule has 1 saturated heterocycles. The van der Waals surface area contributed by atoms with E-state index in [9.17, 15) is 14.9 Å². The van der Waals surface area contributed by atoms with Gasteiger partial charge >= 0.3 is 0 Å². The van der Waals surface area contributed by atoms with Gasteiger partial charge in [0.2, 0.25) is 0 Å². The molecule has 1 aliphatic rings. The normalized spacial score (nSPS) is 19.1. The molecular formula is C14H15N3O3. The number of hydrogen-bond acceptors (Lipinski definition) is 4. The van der Waals surface area contributed by atoms with Gasteiger partial charge in [0.15, 0.2) is 5.78 Å². The Bertz CT molecular complexity index is 671. The molecule has 1 aliphatic heterocycles. The molecule has 1 aromatic heterocycles. The van der Waals surface area contributed by atoms with Crippen molar-refractivity contribution in [3.8, 4) is 0 Å². The summed E-state index contributed by atoms with van der Waals surface area (Å²) < 4.78 is 0. The zero-order valence-corrected chi connectivity index (χ0v) is 10.9. The van der Waals surface area contributed by atoms with Gasteiger partial charge in [0.05, 0.1) is 11.0 Å². The maximum Gasteiger partial charge on any atom is 0.293 e. The highest BCUT2D eigenvalue weighted by atomic mass is 16.6. The SMILES string of the molecule is O=C(c1c[nH]c2c([N+](=O)[O-])cccc12)C1CCCCN1. The second-order valence-corrected chi connectivity index (χ2v) is 5.03. The molecule has 104 valence electrons. The van der Waals surface area contributed by atoms with Crippen molar-refractivity contribution in [3.05, 3.63) is 40.1 Å². The Balaban J connectivity index is 2.02. The highest BCUT2D eigenvalue weighted by Gasteiger charge is 2.25. The van der Waals surface area contributed by atoms with E-state index in [4.69, 9.17) is 0 Å². The van der Waals surface area contributed by atoms with Crippen LogP contribution in [0.2, 0.25) is 0 Å². The maximum absolute atomic E-state index is 12.5. The van der Waals surface area contributed by atoms with Crippen LogP contribution in [0.1, 0.15) is 29.6 Å². The number of piperidine rings is 1. The molecule has 0 bridgehead atoms. The van der Waals surface area contributed by atoms with Crippen molar-refractivity contribution < 1.29 is 9.72 Å². The average Bonchev–Trinajstić information content (AvgIpc) is 2.91. The standard InChI is InChI=1S/C14H15N3O3/c18-14(11-5-1-2-7-15-11)10-8-16-13-9(10)4-3-6-12(13)17(19)20/h3-4,6,8,11,15-16H,1-2,5,7H2. The fraction of sp³-hybridized carbons (Fsp3) is 0.357. The Morgan fingerprint density at radius 1 is 1.35 bits per heavy atom. The predicted molar refractivity (Wildman–Crippen MR) is 74.9 cm³/mol. The van der Waals surface area contributed by atoms with E-state index in [2.05, 4.69) is 10.3 Å². The number of aromatic amines is 1. The fourth-order valence-corrected chi connectivity index (χ4v) is 2.76. The Morgan fingerprint density at radius 2 is 2.20 bits per heavy atom. The summed E-state index contributed by atoms with van der Waals surface area (Å²) in [4.78, 5) is 25.9. The van der Waals surface area contributed by atoms with Gasteiger partial charge < -0.3 is 10.3 Å². The molecule has 1 aromatic carbocycles. The third-order valence-corrected chi connectivity index (χ3v) is 3.78. The third-order valence-electron chi connectivity index (χ3n) is 3.78. The Morgan fingerprint density at radius 3 is 2.90 bits per heavy atom. The number of fused-ring (bicyclic) bond motifs is 1. The lowest BCUT2D eigenvalue weighted by molar-refractivity contribution is -0.383. The number of para-hydroxylation sites is 1. The van der Waals surface area contributed by atoms with E-state index in [1.807, 2.05) is 0 Å². The summed E-state index contributed by atoms with van der Waals surface area (Å²) in [7, 11) is 0. The summed E-state index contributed by atoms with van der Waals surface area (Å²) in [6, 6.07) is 4.61. The van der Waals surface area contributed by atoms with Crippen molar-refractivity contribution in [2.75, 3.05) is 6.54 Å². The van der Waals surface area contributed by atoms with E-state index in [-0.39, 0.29) is 17.5 Å². The largest absolute Gasteiger partial charge is 0.355 e. The highest BCUT2D eigenvalue weighted by molar-refractivity contribution is 6.11. The van der Waals surface area contributed by atoms with Gasteiger partial charge in [-0.25, -0.2) is 0 Å². The number of nitro benzene ring substituents is 1. The minimum absolute atomic E-state index is 0.00171. The summed E-state index contributed by atoms with van der Waals surface area (Å²) in [5.74, 6) is 0.0106. The lowest BCUT2D eigenvalue weighted by atomic mass is 9.96. The van der Waals surface area contributed by atoms with E-state index in [0.717, 1.165) is 25.8 Å². The van der Waals surface area contributed by atoms with E-state index in [1.165, 1.54) is 6.07 Å². The molecule has 0 spiro atoms. The zero-order chi connectivity index (χ0) is 14.1. The molecule has 3 rings (SSSR count). The first-order valence-corrected chi connectivity index (χ1v) is 6.70. The molecule has 1 atom stereocenters. The van der Waals surface area contributed by atoms with Crippen molar-refractivity contribution in [1.82, 2.24) is 10.3 Å². The van der Waals surface area contributed by atoms with Gasteiger partial charge in [0.25, 0.3) is 5.69 Å². The van der Waals surface area contributed by atoms with Crippen LogP contribution < -0.4 is 5.32 Å². The molecule has 0 radical (unpaired) electrons. The van der Waals surface area contributed by atoms with Crippen LogP contribution >= 0.6 is 0 Å². The van der Waals surface area contributed by atoms with E-state index in [1.54, 1.807) is 18.3 Å². The number of nitrogens with one attached hydrogen (secondary N) is 2. The van der Waals surface area contributed by atoms with Gasteiger partial charge in [-0.15, -0.1) is 0 Å². The van der Waals surface area contributed by atoms with Gasteiger partial charge in [-0.3, -0.25) is 14.9 Å². The number of aromatic nitrogens is 1. The molecule has 0 amide bonds. The number of nitro groups is 1. The molecule has 2 N–H and O–H groups in total. The molecule has 1 unspecified atom stereocenters. The molecule has 6 heteroatoms. The summed E-state index contributed by atoms with van der Waals surface area (Å²) in [6.07, 6.45) is 4.52. The lowest BCUT2D eigenvalue weighted by Crippen LogP contribution is -2.40. The predicted octanol–water partition coefficient (Wildman–Crippen LogP) is 2.40. The number of non-ortho nitro benzene ring substituents is 1. The first kappa shape index (κ1) is 12.8. The van der Waals surface area contributed by atoms with Crippen molar-refractivity contribution in [2.45, 2.75) is 25.3 Å². The number of ketones is 1. The van der Waals surface area contributed by atoms with Gasteiger partial charge in [-0.05, 0) is 19.4 Å². The third kappa shape index (κ3) is 2.08. The van der Waals surface area contributed by atoms with Gasteiger partial charge in [-0.2, -0.15) is 0 Å². The van der Waals surface area contributed by atoms with Crippen molar-refractivity contribution in [2.24, 2.45) is 0 Å². The molecule has 0 aliphatic carbocycles. The summed E-state index contributed by atoms with van der Waals surface area (Å²) >= 11 is 0. The van der Waals surface area contributed by atoms with Gasteiger partial charge in [0.1, 0.15) is 5.52 Å². The van der Waals surface area contributed by atoms with Crippen LogP contribution in [0.5, 0.6) is 0 Å². The average molecular weight is 273 g/mol. The molecule has 0 saturated carbocycles. The van der Waals surface area contributed by atoms with E-state index >= 15 is 0 Å². The fourth-order valence-electron chi connectivity index (χ4n) is 2.76. The number of H-pyrrole nitrogens is 1. The monoisotopic (exact) mass is 273 g/mol. The highest BCUT2D eigenvalue weighted by Crippen LogP contribution is 2.28. The second kappa shape index (κ2) is 5.05. The topological polar surface area (TPSA) is 88.0 Å². The summed E-state index contributed by atoms with van der Waals surface area (Å²) in [5.41, 5.74) is 0.943. The van der Waals surface area contributed by atoms with Gasteiger partial charge in [0, 0.05) is 23.2 Å². The Hall–Kier alpha value is -2.21. The van der Waals surface area contributed by atoms with Crippen LogP contribution in [0.4, 0.5) is 5.69 Å². The van der Waals surface area contributed by atoms with Crippen LogP contribution in [0.3, 0.4) is 0 Å². The quantitative estimate of drug-likeness (QED) is 0.510. The van der Waals surface area contributed by atoms with Crippen molar-refractivity contribution in [3.63, 3.8) is 0 Å². The summed E-state index contributed by atoms with van der Waals surface area (Å²) in [5, 5.41) is 14.8. The number of carbonyl (C=O) groups is 1. The lowest BCUT2D eigenvalue weighted by Gasteiger charge is -2.21. The summed E-state index contributed by atoms with van der Waals surface area (Å²) in [6.45, 7) is 0.846. The molecule has 1 fully saturated rings. The smallest absolute Gasteiger partial charge is 0.293 e. The number of hydrogen-bond donors (Lipinski definition) is 2. The number of Topliss-reactive ketones (excluding diaryl/α,β-unsaturated/α-hetero) is 1. The first-order valence-electron chi connectivity index (χ1n) is 6.70. The minimum Gasteiger partial charge on any atom is -0.355 e. The van der Waals surface area contributed by atoms with Crippen LogP contribution in [0.15, 0.2) is 24.4 Å². The maximum atomic E-state index is 12.5. The molecule has 20 heavy (non-hydrogen) atoms. The van der Waals surface area contributed by atoms with Crippen LogP contribution in [-0.4, -0.2) is 28.3 Å². The van der Waals surface area contributed by atoms with E-state index < -0.39 is 4.92 Å². The number of benzene rings is 1. The molecule has 6 nitrogen and oxygen atoms in total. The first-order chi connectivity index (χ1) is 9.68. The number of nitrogens with zero attached hydrogens (tertiary/aromatic N) is 1. The molecular weight excluding hydrogens is 258 g/mol. The zero-order valence-electron chi connectivity index (χ0n) is 10.9. The van der Waals surface area contributed by atoms with Crippen LogP contribution in [0.25, 0.3) is 10.9 Å².